The highest BCUT2D eigenvalue weighted by Gasteiger charge is 1.87. The molecule has 0 unspecified atom stereocenters. The smallest absolute Gasteiger partial charge is 0.0593 e. The summed E-state index contributed by atoms with van der Waals surface area (Å²) < 4.78 is 0. The first-order chi connectivity index (χ1) is 6.59. The number of nitrogens with one attached hydrogen (secondary N) is 2. The second-order valence-corrected chi connectivity index (χ2v) is 3.37. The molecule has 0 saturated heterocycles. The number of aromatic nitrogens is 4. The van der Waals surface area contributed by atoms with Crippen LogP contribution in [0.5, 0.6) is 0 Å². The van der Waals surface area contributed by atoms with Crippen molar-refractivity contribution in [3.63, 3.8) is 0 Å². The first-order valence-electron chi connectivity index (χ1n) is 4.55. The molecule has 0 fully saturated rings. The lowest BCUT2D eigenvalue weighted by molar-refractivity contribution is 1.02. The maximum Gasteiger partial charge on any atom is 0.0593 e. The van der Waals surface area contributed by atoms with E-state index >= 15 is 0 Å². The summed E-state index contributed by atoms with van der Waals surface area (Å²) in [4.78, 5) is 0. The van der Waals surface area contributed by atoms with Gasteiger partial charge in [-0.1, -0.05) is 0 Å². The van der Waals surface area contributed by atoms with Crippen LogP contribution in [0.15, 0.2) is 12.3 Å². The zero-order valence-electron chi connectivity index (χ0n) is 9.05. The van der Waals surface area contributed by atoms with E-state index in [4.69, 9.17) is 0 Å². The molecule has 2 aromatic rings. The Labute approximate surface area is 83.7 Å². The van der Waals surface area contributed by atoms with Gasteiger partial charge in [0.2, 0.25) is 0 Å². The van der Waals surface area contributed by atoms with Crippen LogP contribution >= 0.6 is 0 Å². The lowest BCUT2D eigenvalue weighted by Crippen LogP contribution is -1.70. The molecule has 0 amide bonds. The van der Waals surface area contributed by atoms with E-state index in [2.05, 4.69) is 20.4 Å². The molecule has 14 heavy (non-hydrogen) atoms. The van der Waals surface area contributed by atoms with Crippen LogP contribution < -0.4 is 0 Å². The number of hydrogen-bond donors (Lipinski definition) is 2. The van der Waals surface area contributed by atoms with Crippen molar-refractivity contribution in [2.24, 2.45) is 0 Å². The van der Waals surface area contributed by atoms with E-state index in [1.165, 1.54) is 5.56 Å². The molecule has 2 rings (SSSR count). The zero-order chi connectivity index (χ0) is 10.6. The van der Waals surface area contributed by atoms with Crippen LogP contribution in [0.25, 0.3) is 0 Å². The molecule has 0 aliphatic rings. The third-order valence-corrected chi connectivity index (χ3v) is 1.92. The van der Waals surface area contributed by atoms with Gasteiger partial charge in [-0.15, -0.1) is 0 Å². The normalized spacial score (nSPS) is 9.43. The number of rotatable bonds is 0. The van der Waals surface area contributed by atoms with Crippen molar-refractivity contribution in [3.05, 3.63) is 34.9 Å². The molecular formula is C10H16N4. The second kappa shape index (κ2) is 4.60. The molecule has 2 N–H and O–H groups in total. The lowest BCUT2D eigenvalue weighted by atomic mass is 10.3. The van der Waals surface area contributed by atoms with E-state index < -0.39 is 0 Å². The minimum absolute atomic E-state index is 1.05. The third kappa shape index (κ3) is 3.05. The van der Waals surface area contributed by atoms with Crippen LogP contribution in [-0.2, 0) is 0 Å². The average molecular weight is 192 g/mol. The van der Waals surface area contributed by atoms with Crippen molar-refractivity contribution in [2.75, 3.05) is 0 Å². The number of aryl methyl sites for hydroxylation is 4. The zero-order valence-corrected chi connectivity index (χ0v) is 9.05. The van der Waals surface area contributed by atoms with Gasteiger partial charge in [0.15, 0.2) is 0 Å². The number of hydrogen-bond acceptors (Lipinski definition) is 2. The Kier molecular flexibility index (Phi) is 3.45. The summed E-state index contributed by atoms with van der Waals surface area (Å²) in [5, 5.41) is 13.3. The maximum atomic E-state index is 3.89. The Morgan fingerprint density at radius 1 is 1.07 bits per heavy atom. The summed E-state index contributed by atoms with van der Waals surface area (Å²) >= 11 is 0. The molecule has 0 atom stereocenters. The summed E-state index contributed by atoms with van der Waals surface area (Å²) in [6, 6.07) is 2.00. The molecule has 4 nitrogen and oxygen atoms in total. The molecule has 0 spiro atoms. The highest BCUT2D eigenvalue weighted by Crippen LogP contribution is 1.96. The quantitative estimate of drug-likeness (QED) is 0.671. The van der Waals surface area contributed by atoms with Crippen LogP contribution in [0.2, 0.25) is 0 Å². The summed E-state index contributed by atoms with van der Waals surface area (Å²) in [5.74, 6) is 0. The minimum atomic E-state index is 1.05. The van der Waals surface area contributed by atoms with E-state index in [1.807, 2.05) is 40.0 Å². The van der Waals surface area contributed by atoms with E-state index in [0.717, 1.165) is 17.1 Å². The molecular weight excluding hydrogens is 176 g/mol. The van der Waals surface area contributed by atoms with Crippen molar-refractivity contribution in [2.45, 2.75) is 27.7 Å². The van der Waals surface area contributed by atoms with Gasteiger partial charge >= 0.3 is 0 Å². The van der Waals surface area contributed by atoms with Gasteiger partial charge in [0.1, 0.15) is 0 Å². The van der Waals surface area contributed by atoms with Crippen LogP contribution in [-0.4, -0.2) is 20.4 Å². The van der Waals surface area contributed by atoms with Crippen LogP contribution in [0.3, 0.4) is 0 Å². The Morgan fingerprint density at radius 3 is 1.93 bits per heavy atom. The number of H-pyrrole nitrogens is 2. The van der Waals surface area contributed by atoms with Crippen LogP contribution in [0, 0.1) is 27.7 Å². The van der Waals surface area contributed by atoms with E-state index in [-0.39, 0.29) is 0 Å². The Balaban J connectivity index is 0.000000140. The monoisotopic (exact) mass is 192 g/mol. The highest BCUT2D eigenvalue weighted by molar-refractivity contribution is 5.10. The second-order valence-electron chi connectivity index (χ2n) is 3.37. The molecule has 2 heterocycles. The topological polar surface area (TPSA) is 57.4 Å². The van der Waals surface area contributed by atoms with Gasteiger partial charge in [-0.25, -0.2) is 0 Å². The van der Waals surface area contributed by atoms with Gasteiger partial charge in [-0.3, -0.25) is 10.2 Å². The molecule has 0 aliphatic heterocycles. The molecule has 0 bridgehead atoms. The largest absolute Gasteiger partial charge is 0.283 e. The van der Waals surface area contributed by atoms with E-state index in [1.54, 1.807) is 0 Å². The Morgan fingerprint density at radius 2 is 1.79 bits per heavy atom. The lowest BCUT2D eigenvalue weighted by Gasteiger charge is -1.78. The number of nitrogens with zero attached hydrogens (tertiary/aromatic N) is 2. The fraction of sp³-hybridized carbons (Fsp3) is 0.400. The molecule has 76 valence electrons. The summed E-state index contributed by atoms with van der Waals surface area (Å²) in [5.41, 5.74) is 4.55. The fourth-order valence-electron chi connectivity index (χ4n) is 0.965. The van der Waals surface area contributed by atoms with Crippen molar-refractivity contribution < 1.29 is 0 Å². The standard InChI is InChI=1S/2C5H8N2/c1-4-3-6-7-5(4)2;1-4-3-5(2)7-6-4/h2*3H,1-2H3,(H,6,7). The summed E-state index contributed by atoms with van der Waals surface area (Å²) in [7, 11) is 0. The molecule has 0 aromatic carbocycles. The predicted octanol–water partition coefficient (Wildman–Crippen LogP) is 2.05. The third-order valence-electron chi connectivity index (χ3n) is 1.92. The van der Waals surface area contributed by atoms with Gasteiger partial charge < -0.3 is 0 Å². The first-order valence-corrected chi connectivity index (χ1v) is 4.55. The van der Waals surface area contributed by atoms with Gasteiger partial charge in [0.05, 0.1) is 11.9 Å². The average Bonchev–Trinajstić information content (AvgIpc) is 2.65. The minimum Gasteiger partial charge on any atom is -0.283 e. The van der Waals surface area contributed by atoms with Gasteiger partial charge in [0.25, 0.3) is 0 Å². The van der Waals surface area contributed by atoms with Crippen molar-refractivity contribution in [3.8, 4) is 0 Å². The Bertz CT molecular complexity index is 353. The predicted molar refractivity (Wildman–Crippen MR) is 56.1 cm³/mol. The van der Waals surface area contributed by atoms with Crippen molar-refractivity contribution in [1.82, 2.24) is 20.4 Å². The summed E-state index contributed by atoms with van der Waals surface area (Å²) in [6.07, 6.45) is 1.81. The molecule has 0 aliphatic carbocycles. The van der Waals surface area contributed by atoms with Crippen molar-refractivity contribution >= 4 is 0 Å². The molecule has 0 saturated carbocycles. The van der Waals surface area contributed by atoms with Crippen molar-refractivity contribution in [1.29, 1.82) is 0 Å². The van der Waals surface area contributed by atoms with Gasteiger partial charge in [0, 0.05) is 11.4 Å². The summed E-state index contributed by atoms with van der Waals surface area (Å²) in [6.45, 7) is 7.98. The molecule has 4 heteroatoms. The van der Waals surface area contributed by atoms with E-state index in [9.17, 15) is 0 Å². The maximum absolute atomic E-state index is 3.89. The molecule has 2 aromatic heterocycles. The van der Waals surface area contributed by atoms with Gasteiger partial charge in [-0.2, -0.15) is 10.2 Å². The highest BCUT2D eigenvalue weighted by atomic mass is 15.1. The fourth-order valence-corrected chi connectivity index (χ4v) is 0.965. The number of aromatic amines is 2. The van der Waals surface area contributed by atoms with E-state index in [0.29, 0.717) is 0 Å². The Hall–Kier alpha value is -1.58. The first kappa shape index (κ1) is 10.5. The SMILES string of the molecule is Cc1cc(C)[nH]n1.Cc1cn[nH]c1C. The van der Waals surface area contributed by atoms with Crippen LogP contribution in [0.4, 0.5) is 0 Å². The molecule has 0 radical (unpaired) electrons. The van der Waals surface area contributed by atoms with Crippen LogP contribution in [0.1, 0.15) is 22.6 Å². The van der Waals surface area contributed by atoms with Gasteiger partial charge in [-0.05, 0) is 39.3 Å².